The molecule has 382 valence electrons. The van der Waals surface area contributed by atoms with Crippen molar-refractivity contribution in [2.45, 2.75) is 230 Å². The average Bonchev–Trinajstić information content (AvgIpc) is 3.86. The summed E-state index contributed by atoms with van der Waals surface area (Å²) >= 11 is 0. The monoisotopic (exact) mass is 947 g/mol. The van der Waals surface area contributed by atoms with Gasteiger partial charge in [-0.05, 0) is 116 Å². The van der Waals surface area contributed by atoms with E-state index in [0.29, 0.717) is 32.1 Å². The van der Waals surface area contributed by atoms with E-state index in [1.807, 2.05) is 13.8 Å². The Morgan fingerprint density at radius 1 is 0.606 bits per heavy atom. The number of hydrogen-bond acceptors (Lipinski definition) is 18. The van der Waals surface area contributed by atoms with Crippen molar-refractivity contribution in [3.8, 4) is 0 Å². The van der Waals surface area contributed by atoms with Crippen LogP contribution in [0.4, 0.5) is 0 Å². The van der Waals surface area contributed by atoms with Crippen molar-refractivity contribution >= 4 is 0 Å². The lowest BCUT2D eigenvalue weighted by Gasteiger charge is -2.64. The van der Waals surface area contributed by atoms with E-state index < -0.39 is 141 Å². The van der Waals surface area contributed by atoms with Gasteiger partial charge in [0.2, 0.25) is 0 Å². The van der Waals surface area contributed by atoms with Crippen LogP contribution in [0.15, 0.2) is 0 Å². The van der Waals surface area contributed by atoms with Gasteiger partial charge in [0.25, 0.3) is 0 Å². The van der Waals surface area contributed by atoms with E-state index >= 15 is 0 Å². The number of fused-ring (bicyclic) bond motifs is 2. The Bertz CT molecular complexity index is 1690. The normalized spacial score (nSPS) is 55.3. The first-order valence-electron chi connectivity index (χ1n) is 24.8. The maximum Gasteiger partial charge on any atom is 0.187 e. The summed E-state index contributed by atoms with van der Waals surface area (Å²) in [6.45, 7) is 15.3. The summed E-state index contributed by atoms with van der Waals surface area (Å²) in [4.78, 5) is 0. The lowest BCUT2D eigenvalue weighted by Crippen LogP contribution is -2.65. The first-order valence-corrected chi connectivity index (χ1v) is 24.8. The number of rotatable bonds is 13. The molecule has 18 heteroatoms. The van der Waals surface area contributed by atoms with Crippen molar-refractivity contribution in [1.82, 2.24) is 0 Å². The Morgan fingerprint density at radius 3 is 1.83 bits per heavy atom. The van der Waals surface area contributed by atoms with E-state index in [9.17, 15) is 61.3 Å². The van der Waals surface area contributed by atoms with Crippen molar-refractivity contribution in [3.63, 3.8) is 0 Å². The summed E-state index contributed by atoms with van der Waals surface area (Å²) in [5.74, 6) is 0.214. The predicted molar refractivity (Wildman–Crippen MR) is 231 cm³/mol. The lowest BCUT2D eigenvalue weighted by atomic mass is 9.41. The number of ether oxygens (including phenoxy) is 6. The fourth-order valence-electron chi connectivity index (χ4n) is 16.0. The molecule has 0 aromatic carbocycles. The van der Waals surface area contributed by atoms with Crippen LogP contribution < -0.4 is 0 Å². The molecule has 0 bridgehead atoms. The summed E-state index contributed by atoms with van der Waals surface area (Å²) in [7, 11) is 0. The van der Waals surface area contributed by atoms with Crippen molar-refractivity contribution in [2.24, 2.45) is 56.7 Å². The maximum absolute atomic E-state index is 12.7. The minimum atomic E-state index is -1.68. The molecule has 8 aliphatic rings. The van der Waals surface area contributed by atoms with E-state index in [0.717, 1.165) is 25.7 Å². The molecule has 0 aromatic rings. The van der Waals surface area contributed by atoms with Crippen LogP contribution >= 0.6 is 0 Å². The molecule has 27 atom stereocenters. The van der Waals surface area contributed by atoms with Crippen molar-refractivity contribution in [2.75, 3.05) is 13.2 Å². The van der Waals surface area contributed by atoms with Crippen LogP contribution in [0.2, 0.25) is 0 Å². The predicted octanol–water partition coefficient (Wildman–Crippen LogP) is -0.339. The van der Waals surface area contributed by atoms with Crippen LogP contribution in [0.5, 0.6) is 0 Å². The molecule has 5 aliphatic carbocycles. The molecule has 2 spiro atoms. The summed E-state index contributed by atoms with van der Waals surface area (Å²) in [5.41, 5.74) is -1.63. The molecular formula is C48H82O18. The van der Waals surface area contributed by atoms with Crippen LogP contribution in [0.3, 0.4) is 0 Å². The molecule has 3 aliphatic heterocycles. The van der Waals surface area contributed by atoms with E-state index in [4.69, 9.17) is 28.4 Å². The Labute approximate surface area is 388 Å². The summed E-state index contributed by atoms with van der Waals surface area (Å²) in [6.07, 6.45) is -16.5. The Morgan fingerprint density at radius 2 is 1.20 bits per heavy atom. The molecule has 66 heavy (non-hydrogen) atoms. The van der Waals surface area contributed by atoms with Gasteiger partial charge in [0.15, 0.2) is 18.9 Å². The molecule has 0 radical (unpaired) electrons. The van der Waals surface area contributed by atoms with Gasteiger partial charge in [-0.3, -0.25) is 0 Å². The molecule has 3 saturated heterocycles. The van der Waals surface area contributed by atoms with E-state index in [1.165, 1.54) is 6.92 Å². The van der Waals surface area contributed by atoms with Gasteiger partial charge in [-0.25, -0.2) is 0 Å². The lowest BCUT2D eigenvalue weighted by molar-refractivity contribution is -0.375. The fraction of sp³-hybridized carbons (Fsp3) is 1.00. The topological polar surface area (TPSA) is 298 Å². The van der Waals surface area contributed by atoms with Crippen LogP contribution in [-0.4, -0.2) is 191 Å². The van der Waals surface area contributed by atoms with Gasteiger partial charge < -0.3 is 89.7 Å². The average molecular weight is 947 g/mol. The maximum atomic E-state index is 12.7. The summed E-state index contributed by atoms with van der Waals surface area (Å²) in [6, 6.07) is 0. The van der Waals surface area contributed by atoms with E-state index in [1.54, 1.807) is 0 Å². The summed E-state index contributed by atoms with van der Waals surface area (Å²) < 4.78 is 36.6. The van der Waals surface area contributed by atoms with Gasteiger partial charge >= 0.3 is 0 Å². The minimum Gasteiger partial charge on any atom is -0.394 e. The van der Waals surface area contributed by atoms with E-state index in [2.05, 4.69) is 34.6 Å². The van der Waals surface area contributed by atoms with Gasteiger partial charge in [-0.1, -0.05) is 48.5 Å². The zero-order chi connectivity index (χ0) is 48.4. The van der Waals surface area contributed by atoms with Gasteiger partial charge in [0.1, 0.15) is 67.1 Å². The van der Waals surface area contributed by atoms with Crippen LogP contribution in [0.25, 0.3) is 0 Å². The first-order chi connectivity index (χ1) is 30.9. The standard InChI is InChI=1S/C48H82O18/c1-20(2)24(62-42-39(60)36(57)33(54)25(17-49)63-42)10-9-21(3)31-23(51)15-45(7)28-12-11-27-44(5,6)30(13-14-47(27)19-48(28,47)16-29(52)46(31,45)8)65-43-40(37(58)34(55)26(18-50)64-43)66-41-38(59)35(56)32(53)22(4)61-41/h20-43,49-60H,9-19H2,1-8H3/t21-,22+,23+,24+,25-,26-,27+,28+,29+,30+,31+,32+,33-,34-,35-,36+,37+,38-,39-,40-,41+,42-,43+,45+,46-,47-,48+/m1/s1. The summed E-state index contributed by atoms with van der Waals surface area (Å²) in [5, 5.41) is 130. The van der Waals surface area contributed by atoms with Gasteiger partial charge in [-0.2, -0.15) is 0 Å². The highest BCUT2D eigenvalue weighted by atomic mass is 16.8. The highest BCUT2D eigenvalue weighted by Crippen LogP contribution is 2.89. The number of aliphatic hydroxyl groups excluding tert-OH is 12. The quantitative estimate of drug-likeness (QED) is 0.105. The molecule has 0 aromatic heterocycles. The highest BCUT2D eigenvalue weighted by Gasteiger charge is 2.84. The molecule has 8 rings (SSSR count). The van der Waals surface area contributed by atoms with Crippen molar-refractivity contribution < 1.29 is 89.7 Å². The Balaban J connectivity index is 0.969. The number of hydrogen-bond donors (Lipinski definition) is 12. The molecule has 0 unspecified atom stereocenters. The second-order valence-electron chi connectivity index (χ2n) is 23.5. The van der Waals surface area contributed by atoms with Crippen molar-refractivity contribution in [3.05, 3.63) is 0 Å². The second kappa shape index (κ2) is 18.4. The third-order valence-corrected chi connectivity index (χ3v) is 19.8. The third kappa shape index (κ3) is 7.81. The molecule has 18 nitrogen and oxygen atoms in total. The largest absolute Gasteiger partial charge is 0.394 e. The van der Waals surface area contributed by atoms with Gasteiger partial charge in [0.05, 0.1) is 43.7 Å². The zero-order valence-electron chi connectivity index (χ0n) is 40.0. The van der Waals surface area contributed by atoms with Crippen LogP contribution in [0, 0.1) is 56.7 Å². The number of aliphatic hydroxyl groups is 12. The van der Waals surface area contributed by atoms with Gasteiger partial charge in [0, 0.05) is 5.41 Å². The van der Waals surface area contributed by atoms with Crippen LogP contribution in [0.1, 0.15) is 113 Å². The van der Waals surface area contributed by atoms with Gasteiger partial charge in [-0.15, -0.1) is 0 Å². The molecule has 5 saturated carbocycles. The Hall–Kier alpha value is -0.720. The SMILES string of the molecule is CC(C)[C@H](CC[C@@H](C)[C@H]1[C@@H](O)C[C@@]2(C)[C@@H]3CC[C@H]4C(C)(C)[C@@H](O[C@@H]5O[C@H](CO)[C@@H](O)[C@H](O)[C@H]5O[C@@H]5O[C@@H](C)[C@H](O)[C@@H](O)[C@H]5O)CC[C@@]45C[C@@]35C[C@H](O)[C@]12C)O[C@@H]1O[C@H](CO)[C@@H](O)[C@H](O)[C@H]1O. The smallest absolute Gasteiger partial charge is 0.187 e. The Kier molecular flexibility index (Phi) is 14.4. The molecule has 0 amide bonds. The molecule has 12 N–H and O–H groups in total. The first kappa shape index (κ1) is 51.6. The molecular weight excluding hydrogens is 865 g/mol. The zero-order valence-corrected chi connectivity index (χ0v) is 40.0. The highest BCUT2D eigenvalue weighted by molar-refractivity contribution is 5.32. The minimum absolute atomic E-state index is 0.00753. The van der Waals surface area contributed by atoms with E-state index in [-0.39, 0.29) is 45.8 Å². The van der Waals surface area contributed by atoms with Crippen molar-refractivity contribution in [1.29, 1.82) is 0 Å². The second-order valence-corrected chi connectivity index (χ2v) is 23.5. The molecule has 8 fully saturated rings. The van der Waals surface area contributed by atoms with Crippen LogP contribution in [-0.2, 0) is 28.4 Å². The third-order valence-electron chi connectivity index (χ3n) is 19.8. The fourth-order valence-corrected chi connectivity index (χ4v) is 16.0. The molecule has 3 heterocycles.